The fraction of sp³-hybridized carbons (Fsp3) is 0.917. The lowest BCUT2D eigenvalue weighted by molar-refractivity contribution is -0.152. The first-order valence-electron chi connectivity index (χ1n) is 6.59. The van der Waals surface area contributed by atoms with Crippen molar-refractivity contribution in [3.05, 3.63) is 0 Å². The van der Waals surface area contributed by atoms with Crippen LogP contribution in [0.1, 0.15) is 6.92 Å². The van der Waals surface area contributed by atoms with Gasteiger partial charge < -0.3 is 14.6 Å². The Morgan fingerprint density at radius 3 is 2.94 bits per heavy atom. The minimum absolute atomic E-state index is 0.110. The maximum atomic E-state index is 11.2. The van der Waals surface area contributed by atoms with E-state index in [1.165, 1.54) is 0 Å². The molecular formula is C12H22N2O4. The zero-order valence-corrected chi connectivity index (χ0v) is 10.9. The molecule has 0 radical (unpaired) electrons. The molecule has 0 aromatic rings. The second kappa shape index (κ2) is 6.47. The fourth-order valence-electron chi connectivity index (χ4n) is 2.52. The summed E-state index contributed by atoms with van der Waals surface area (Å²) in [5.74, 6) is -0.808. The molecule has 0 aromatic carbocycles. The molecule has 2 heterocycles. The quantitative estimate of drug-likeness (QED) is 0.733. The summed E-state index contributed by atoms with van der Waals surface area (Å²) in [6.45, 7) is 7.98. The molecule has 104 valence electrons. The zero-order valence-electron chi connectivity index (χ0n) is 10.9. The second-order valence-corrected chi connectivity index (χ2v) is 4.81. The molecular weight excluding hydrogens is 236 g/mol. The van der Waals surface area contributed by atoms with Gasteiger partial charge in [0.15, 0.2) is 0 Å². The maximum absolute atomic E-state index is 11.2. The van der Waals surface area contributed by atoms with Gasteiger partial charge in [0.1, 0.15) is 6.04 Å². The highest BCUT2D eigenvalue weighted by Crippen LogP contribution is 2.12. The molecule has 2 atom stereocenters. The molecule has 2 rings (SSSR count). The van der Waals surface area contributed by atoms with Gasteiger partial charge in [0.25, 0.3) is 0 Å². The van der Waals surface area contributed by atoms with Crippen LogP contribution in [0.4, 0.5) is 0 Å². The van der Waals surface area contributed by atoms with Gasteiger partial charge in [-0.05, 0) is 6.54 Å². The van der Waals surface area contributed by atoms with E-state index in [1.54, 1.807) is 0 Å². The average Bonchev–Trinajstić information content (AvgIpc) is 2.39. The van der Waals surface area contributed by atoms with E-state index in [0.717, 1.165) is 26.2 Å². The smallest absolute Gasteiger partial charge is 0.323 e. The molecule has 0 spiro atoms. The molecule has 2 aliphatic heterocycles. The Hall–Kier alpha value is -0.690. The van der Waals surface area contributed by atoms with Crippen LogP contribution in [0.15, 0.2) is 0 Å². The number of ether oxygens (including phenoxy) is 2. The van der Waals surface area contributed by atoms with E-state index in [2.05, 4.69) is 11.8 Å². The van der Waals surface area contributed by atoms with Crippen LogP contribution in [0, 0.1) is 0 Å². The summed E-state index contributed by atoms with van der Waals surface area (Å²) < 4.78 is 11.0. The summed E-state index contributed by atoms with van der Waals surface area (Å²) in [6.07, 6.45) is 0.110. The summed E-state index contributed by atoms with van der Waals surface area (Å²) >= 11 is 0. The van der Waals surface area contributed by atoms with Crippen molar-refractivity contribution in [2.75, 3.05) is 52.5 Å². The molecule has 2 saturated heterocycles. The molecule has 0 bridgehead atoms. The summed E-state index contributed by atoms with van der Waals surface area (Å²) in [6, 6.07) is -0.528. The number of carboxylic acids is 1. The summed E-state index contributed by atoms with van der Waals surface area (Å²) in [4.78, 5) is 15.5. The van der Waals surface area contributed by atoms with Crippen molar-refractivity contribution in [1.82, 2.24) is 9.80 Å². The van der Waals surface area contributed by atoms with Gasteiger partial charge in [0.2, 0.25) is 0 Å². The van der Waals surface area contributed by atoms with Crippen molar-refractivity contribution in [2.45, 2.75) is 19.1 Å². The fourth-order valence-corrected chi connectivity index (χ4v) is 2.52. The third kappa shape index (κ3) is 3.41. The molecule has 0 saturated carbocycles. The molecule has 2 unspecified atom stereocenters. The number of aliphatic carboxylic acids is 1. The largest absolute Gasteiger partial charge is 0.480 e. The van der Waals surface area contributed by atoms with Gasteiger partial charge >= 0.3 is 5.97 Å². The molecule has 6 heteroatoms. The number of morpholine rings is 2. The summed E-state index contributed by atoms with van der Waals surface area (Å²) in [5, 5.41) is 9.16. The Bertz CT molecular complexity index is 287. The Morgan fingerprint density at radius 1 is 1.39 bits per heavy atom. The van der Waals surface area contributed by atoms with Crippen LogP contribution in [0.25, 0.3) is 0 Å². The van der Waals surface area contributed by atoms with Crippen molar-refractivity contribution in [3.63, 3.8) is 0 Å². The van der Waals surface area contributed by atoms with E-state index in [1.807, 2.05) is 4.90 Å². The van der Waals surface area contributed by atoms with Gasteiger partial charge in [0.05, 0.1) is 25.9 Å². The predicted molar refractivity (Wildman–Crippen MR) is 65.7 cm³/mol. The Labute approximate surface area is 107 Å². The van der Waals surface area contributed by atoms with E-state index >= 15 is 0 Å². The summed E-state index contributed by atoms with van der Waals surface area (Å²) in [7, 11) is 0. The maximum Gasteiger partial charge on any atom is 0.323 e. The van der Waals surface area contributed by atoms with E-state index in [0.29, 0.717) is 19.7 Å². The van der Waals surface area contributed by atoms with Crippen LogP contribution in [-0.2, 0) is 14.3 Å². The Morgan fingerprint density at radius 2 is 2.22 bits per heavy atom. The van der Waals surface area contributed by atoms with Crippen LogP contribution >= 0.6 is 0 Å². The van der Waals surface area contributed by atoms with Crippen LogP contribution in [0.2, 0.25) is 0 Å². The van der Waals surface area contributed by atoms with Crippen molar-refractivity contribution < 1.29 is 19.4 Å². The van der Waals surface area contributed by atoms with Crippen LogP contribution in [0.3, 0.4) is 0 Å². The van der Waals surface area contributed by atoms with Gasteiger partial charge in [-0.1, -0.05) is 6.92 Å². The van der Waals surface area contributed by atoms with Gasteiger partial charge in [-0.2, -0.15) is 0 Å². The van der Waals surface area contributed by atoms with E-state index < -0.39 is 12.0 Å². The zero-order chi connectivity index (χ0) is 13.0. The topological polar surface area (TPSA) is 62.2 Å². The molecule has 6 nitrogen and oxygen atoms in total. The lowest BCUT2D eigenvalue weighted by Crippen LogP contribution is -2.55. The molecule has 2 aliphatic rings. The predicted octanol–water partition coefficient (Wildman–Crippen LogP) is -0.507. The monoisotopic (exact) mass is 258 g/mol. The molecule has 0 aliphatic carbocycles. The minimum atomic E-state index is -0.808. The van der Waals surface area contributed by atoms with Crippen LogP contribution in [-0.4, -0.2) is 85.6 Å². The highest BCUT2D eigenvalue weighted by molar-refractivity contribution is 5.73. The molecule has 0 aromatic heterocycles. The third-order valence-corrected chi connectivity index (χ3v) is 3.63. The number of rotatable bonds is 4. The first-order chi connectivity index (χ1) is 8.70. The number of nitrogens with zero attached hydrogens (tertiary/aromatic N) is 2. The van der Waals surface area contributed by atoms with Crippen LogP contribution in [0.5, 0.6) is 0 Å². The third-order valence-electron chi connectivity index (χ3n) is 3.63. The number of hydrogen-bond acceptors (Lipinski definition) is 5. The SMILES string of the molecule is CCN1CCOC(CN2CCOCC2C(=O)O)C1. The van der Waals surface area contributed by atoms with Crippen molar-refractivity contribution in [2.24, 2.45) is 0 Å². The van der Waals surface area contributed by atoms with Crippen molar-refractivity contribution in [1.29, 1.82) is 0 Å². The normalized spacial score (nSPS) is 31.4. The minimum Gasteiger partial charge on any atom is -0.480 e. The van der Waals surface area contributed by atoms with Gasteiger partial charge in [-0.15, -0.1) is 0 Å². The highest BCUT2D eigenvalue weighted by Gasteiger charge is 2.32. The highest BCUT2D eigenvalue weighted by atomic mass is 16.5. The Balaban J connectivity index is 1.88. The van der Waals surface area contributed by atoms with Crippen LogP contribution < -0.4 is 0 Å². The lowest BCUT2D eigenvalue weighted by Gasteiger charge is -2.38. The first kappa shape index (κ1) is 13.7. The van der Waals surface area contributed by atoms with Crippen molar-refractivity contribution >= 4 is 5.97 Å². The van der Waals surface area contributed by atoms with Gasteiger partial charge in [0, 0.05) is 26.2 Å². The van der Waals surface area contributed by atoms with E-state index in [4.69, 9.17) is 14.6 Å². The van der Waals surface area contributed by atoms with E-state index in [-0.39, 0.29) is 12.7 Å². The molecule has 1 N–H and O–H groups in total. The first-order valence-corrected chi connectivity index (χ1v) is 6.59. The average molecular weight is 258 g/mol. The number of hydrogen-bond donors (Lipinski definition) is 1. The number of likely N-dealkylation sites (N-methyl/N-ethyl adjacent to an activating group) is 1. The van der Waals surface area contributed by atoms with E-state index in [9.17, 15) is 4.79 Å². The molecule has 2 fully saturated rings. The van der Waals surface area contributed by atoms with Gasteiger partial charge in [-0.25, -0.2) is 0 Å². The molecule has 18 heavy (non-hydrogen) atoms. The Kier molecular flexibility index (Phi) is 4.94. The van der Waals surface area contributed by atoms with Gasteiger partial charge in [-0.3, -0.25) is 14.6 Å². The standard InChI is InChI=1S/C12H22N2O4/c1-2-13-3-6-18-10(7-13)8-14-4-5-17-9-11(14)12(15)16/h10-11H,2-9H2,1H3,(H,15,16). The second-order valence-electron chi connectivity index (χ2n) is 4.81. The molecule has 0 amide bonds. The number of carbonyl (C=O) groups is 1. The summed E-state index contributed by atoms with van der Waals surface area (Å²) in [5.41, 5.74) is 0. The number of carboxylic acid groups (broad SMARTS) is 1. The lowest BCUT2D eigenvalue weighted by atomic mass is 10.2. The van der Waals surface area contributed by atoms with Crippen molar-refractivity contribution in [3.8, 4) is 0 Å².